The molecule has 4 rings (SSSR count). The first-order valence-corrected chi connectivity index (χ1v) is 11.5. The van der Waals surface area contributed by atoms with Crippen LogP contribution in [-0.2, 0) is 14.4 Å². The van der Waals surface area contributed by atoms with Crippen LogP contribution in [-0.4, -0.2) is 29.3 Å². The Balaban J connectivity index is 1.38. The highest BCUT2D eigenvalue weighted by atomic mass is 32.1. The molecule has 0 bridgehead atoms. The van der Waals surface area contributed by atoms with Crippen LogP contribution in [0, 0.1) is 11.7 Å². The Labute approximate surface area is 194 Å². The Kier molecular flexibility index (Phi) is 6.79. The zero-order valence-corrected chi connectivity index (χ0v) is 18.8. The number of thiazole rings is 1. The van der Waals surface area contributed by atoms with Crippen molar-refractivity contribution >= 4 is 45.6 Å². The molecule has 1 saturated heterocycles. The molecule has 1 atom stereocenters. The molecule has 33 heavy (non-hydrogen) atoms. The maximum atomic E-state index is 14.1. The summed E-state index contributed by atoms with van der Waals surface area (Å²) in [5, 5.41) is 7.86. The van der Waals surface area contributed by atoms with Crippen molar-refractivity contribution in [3.63, 3.8) is 0 Å². The van der Waals surface area contributed by atoms with Crippen LogP contribution in [0.5, 0.6) is 0 Å². The molecule has 0 spiro atoms. The summed E-state index contributed by atoms with van der Waals surface area (Å²) < 4.78 is 14.1. The van der Waals surface area contributed by atoms with Gasteiger partial charge in [-0.05, 0) is 30.7 Å². The fraction of sp³-hybridized carbons (Fsp3) is 0.250. The lowest BCUT2D eigenvalue weighted by atomic mass is 10.1. The third-order valence-corrected chi connectivity index (χ3v) is 6.07. The van der Waals surface area contributed by atoms with Gasteiger partial charge in [-0.2, -0.15) is 0 Å². The van der Waals surface area contributed by atoms with Gasteiger partial charge in [0, 0.05) is 36.0 Å². The predicted octanol–water partition coefficient (Wildman–Crippen LogP) is 4.68. The molecule has 2 N–H and O–H groups in total. The van der Waals surface area contributed by atoms with E-state index in [9.17, 15) is 18.8 Å². The molecule has 1 fully saturated rings. The van der Waals surface area contributed by atoms with E-state index in [0.717, 1.165) is 12.0 Å². The number of hydrogen-bond donors (Lipinski definition) is 2. The van der Waals surface area contributed by atoms with Gasteiger partial charge in [0.05, 0.1) is 17.3 Å². The summed E-state index contributed by atoms with van der Waals surface area (Å²) in [5.41, 5.74) is 2.44. The normalized spacial score (nSPS) is 15.5. The van der Waals surface area contributed by atoms with Crippen LogP contribution in [0.4, 0.5) is 20.9 Å². The number of nitrogens with one attached hydrogen (secondary N) is 2. The first kappa shape index (κ1) is 22.6. The fourth-order valence-electron chi connectivity index (χ4n) is 3.63. The Morgan fingerprint density at radius 2 is 1.91 bits per heavy atom. The van der Waals surface area contributed by atoms with Crippen molar-refractivity contribution in [1.82, 2.24) is 4.98 Å². The lowest BCUT2D eigenvalue weighted by molar-refractivity contribution is -0.122. The summed E-state index contributed by atoms with van der Waals surface area (Å²) in [4.78, 5) is 42.6. The molecule has 2 heterocycles. The van der Waals surface area contributed by atoms with Crippen LogP contribution in [0.3, 0.4) is 0 Å². The maximum Gasteiger partial charge on any atom is 0.231 e. The third kappa shape index (κ3) is 5.25. The highest BCUT2D eigenvalue weighted by Crippen LogP contribution is 2.30. The first-order valence-electron chi connectivity index (χ1n) is 10.7. The second kappa shape index (κ2) is 9.91. The van der Waals surface area contributed by atoms with Crippen LogP contribution in [0.1, 0.15) is 26.2 Å². The Hall–Kier alpha value is -3.59. The number of rotatable bonds is 7. The van der Waals surface area contributed by atoms with E-state index in [4.69, 9.17) is 0 Å². The molecule has 1 aromatic heterocycles. The van der Waals surface area contributed by atoms with Crippen molar-refractivity contribution in [1.29, 1.82) is 0 Å². The van der Waals surface area contributed by atoms with Crippen LogP contribution in [0.25, 0.3) is 11.3 Å². The van der Waals surface area contributed by atoms with E-state index < -0.39 is 11.7 Å². The van der Waals surface area contributed by atoms with Gasteiger partial charge < -0.3 is 15.5 Å². The third-order valence-electron chi connectivity index (χ3n) is 5.31. The largest absolute Gasteiger partial charge is 0.326 e. The van der Waals surface area contributed by atoms with Crippen LogP contribution < -0.4 is 15.5 Å². The van der Waals surface area contributed by atoms with E-state index in [1.54, 1.807) is 12.1 Å². The number of nitrogens with zero attached hydrogens (tertiary/aromatic N) is 2. The lowest BCUT2D eigenvalue weighted by Gasteiger charge is -2.17. The molecular weight excluding hydrogens is 443 g/mol. The standard InChI is InChI=1S/C24H23FN4O3S/c1-2-5-21(30)26-17-10-8-15(9-11-17)19-14-33-24(27-19)28-23(32)16-12-22(31)29(13-16)20-7-4-3-6-18(20)25/h3-4,6-11,14,16H,2,5,12-13H2,1H3,(H,26,30)(H,27,28,32)/t16-/m0/s1. The Morgan fingerprint density at radius 1 is 1.15 bits per heavy atom. The average molecular weight is 467 g/mol. The highest BCUT2D eigenvalue weighted by molar-refractivity contribution is 7.14. The molecular formula is C24H23FN4O3S. The minimum absolute atomic E-state index is 0.0175. The number of aromatic nitrogens is 1. The van der Waals surface area contributed by atoms with Gasteiger partial charge >= 0.3 is 0 Å². The zero-order chi connectivity index (χ0) is 23.4. The molecule has 3 aromatic rings. The molecule has 0 radical (unpaired) electrons. The minimum Gasteiger partial charge on any atom is -0.326 e. The summed E-state index contributed by atoms with van der Waals surface area (Å²) in [6, 6.07) is 13.3. The number of carbonyl (C=O) groups is 3. The molecule has 170 valence electrons. The Bertz CT molecular complexity index is 1180. The number of carbonyl (C=O) groups excluding carboxylic acids is 3. The van der Waals surface area contributed by atoms with Crippen molar-refractivity contribution in [2.75, 3.05) is 22.1 Å². The summed E-state index contributed by atoms with van der Waals surface area (Å²) in [5.74, 6) is -1.71. The van der Waals surface area contributed by atoms with E-state index in [0.29, 0.717) is 22.9 Å². The van der Waals surface area contributed by atoms with Crippen LogP contribution in [0.15, 0.2) is 53.9 Å². The number of anilines is 3. The van der Waals surface area contributed by atoms with Gasteiger partial charge in [-0.3, -0.25) is 14.4 Å². The molecule has 0 unspecified atom stereocenters. The Morgan fingerprint density at radius 3 is 2.64 bits per heavy atom. The zero-order valence-electron chi connectivity index (χ0n) is 18.0. The number of hydrogen-bond acceptors (Lipinski definition) is 5. The maximum absolute atomic E-state index is 14.1. The minimum atomic E-state index is -0.588. The molecule has 0 aliphatic carbocycles. The molecule has 0 saturated carbocycles. The molecule has 1 aliphatic rings. The number of benzene rings is 2. The molecule has 7 nitrogen and oxygen atoms in total. The summed E-state index contributed by atoms with van der Waals surface area (Å²) in [6.07, 6.45) is 1.28. The van der Waals surface area contributed by atoms with E-state index in [-0.39, 0.29) is 36.4 Å². The lowest BCUT2D eigenvalue weighted by Crippen LogP contribution is -2.28. The van der Waals surface area contributed by atoms with Gasteiger partial charge in [-0.1, -0.05) is 31.2 Å². The fourth-order valence-corrected chi connectivity index (χ4v) is 4.36. The second-order valence-electron chi connectivity index (χ2n) is 7.76. The summed E-state index contributed by atoms with van der Waals surface area (Å²) in [6.45, 7) is 2.07. The van der Waals surface area contributed by atoms with Gasteiger partial charge in [0.25, 0.3) is 0 Å². The summed E-state index contributed by atoms with van der Waals surface area (Å²) in [7, 11) is 0. The average Bonchev–Trinajstić information content (AvgIpc) is 3.41. The predicted molar refractivity (Wildman–Crippen MR) is 127 cm³/mol. The highest BCUT2D eigenvalue weighted by Gasteiger charge is 2.36. The van der Waals surface area contributed by atoms with E-state index in [2.05, 4.69) is 15.6 Å². The number of amides is 3. The first-order chi connectivity index (χ1) is 15.9. The quantitative estimate of drug-likeness (QED) is 0.529. The number of halogens is 1. The summed E-state index contributed by atoms with van der Waals surface area (Å²) >= 11 is 1.28. The van der Waals surface area contributed by atoms with E-state index in [1.807, 2.05) is 36.6 Å². The van der Waals surface area contributed by atoms with Gasteiger partial charge in [0.15, 0.2) is 5.13 Å². The monoisotopic (exact) mass is 466 g/mol. The molecule has 3 amide bonds. The van der Waals surface area contributed by atoms with Crippen molar-refractivity contribution in [2.45, 2.75) is 26.2 Å². The molecule has 9 heteroatoms. The SMILES string of the molecule is CCCC(=O)Nc1ccc(-c2csc(NC(=O)[C@H]3CC(=O)N(c4ccccc4F)C3)n2)cc1. The second-order valence-corrected chi connectivity index (χ2v) is 8.62. The number of para-hydroxylation sites is 1. The topological polar surface area (TPSA) is 91.4 Å². The van der Waals surface area contributed by atoms with Gasteiger partial charge in [-0.25, -0.2) is 9.37 Å². The van der Waals surface area contributed by atoms with Crippen molar-refractivity contribution in [2.24, 2.45) is 5.92 Å². The molecule has 2 aromatic carbocycles. The van der Waals surface area contributed by atoms with Crippen molar-refractivity contribution < 1.29 is 18.8 Å². The van der Waals surface area contributed by atoms with Crippen molar-refractivity contribution in [3.8, 4) is 11.3 Å². The van der Waals surface area contributed by atoms with E-state index in [1.165, 1.54) is 28.4 Å². The van der Waals surface area contributed by atoms with Crippen LogP contribution >= 0.6 is 11.3 Å². The van der Waals surface area contributed by atoms with Crippen molar-refractivity contribution in [3.05, 3.63) is 59.7 Å². The van der Waals surface area contributed by atoms with Gasteiger partial charge in [-0.15, -0.1) is 11.3 Å². The van der Waals surface area contributed by atoms with Gasteiger partial charge in [0.2, 0.25) is 17.7 Å². The van der Waals surface area contributed by atoms with E-state index >= 15 is 0 Å². The smallest absolute Gasteiger partial charge is 0.231 e. The molecule has 1 aliphatic heterocycles. The van der Waals surface area contributed by atoms with Crippen LogP contribution in [0.2, 0.25) is 0 Å². The van der Waals surface area contributed by atoms with Gasteiger partial charge in [0.1, 0.15) is 5.82 Å².